The van der Waals surface area contributed by atoms with Crippen LogP contribution in [0.3, 0.4) is 0 Å². The highest BCUT2D eigenvalue weighted by atomic mass is 19.1. The predicted octanol–water partition coefficient (Wildman–Crippen LogP) is -0.557. The van der Waals surface area contributed by atoms with Crippen LogP contribution in [0.1, 0.15) is 6.23 Å². The monoisotopic (exact) mass is 271 g/mol. The van der Waals surface area contributed by atoms with E-state index in [4.69, 9.17) is 10.3 Å². The summed E-state index contributed by atoms with van der Waals surface area (Å²) in [6.07, 6.45) is -4.74. The second-order valence-corrected chi connectivity index (χ2v) is 3.93. The van der Waals surface area contributed by atoms with Gasteiger partial charge in [0.1, 0.15) is 6.10 Å². The number of rotatable bonds is 3. The molecule has 1 aromatic rings. The summed E-state index contributed by atoms with van der Waals surface area (Å²) in [4.78, 5) is 26.8. The van der Waals surface area contributed by atoms with Crippen LogP contribution >= 0.6 is 0 Å². The second-order valence-electron chi connectivity index (χ2n) is 3.93. The highest BCUT2D eigenvalue weighted by Gasteiger charge is 2.45. The molecule has 2 heterocycles. The van der Waals surface area contributed by atoms with Crippen molar-refractivity contribution >= 4 is 0 Å². The molecule has 19 heavy (non-hydrogen) atoms. The van der Waals surface area contributed by atoms with E-state index in [2.05, 4.69) is 10.0 Å². The third kappa shape index (κ3) is 2.50. The number of azide groups is 1. The molecule has 0 aliphatic carbocycles. The lowest BCUT2D eigenvalue weighted by Crippen LogP contribution is -2.35. The molecule has 2 N–H and O–H groups in total. The number of hydrogen-bond acceptors (Lipinski definition) is 5. The first-order chi connectivity index (χ1) is 9.04. The minimum absolute atomic E-state index is 0.257. The van der Waals surface area contributed by atoms with Gasteiger partial charge in [-0.1, -0.05) is 5.11 Å². The number of aliphatic hydroxyl groups is 1. The number of halogens is 1. The van der Waals surface area contributed by atoms with Crippen LogP contribution in [0.2, 0.25) is 0 Å². The minimum Gasteiger partial charge on any atom is -0.387 e. The average molecular weight is 271 g/mol. The molecular formula is C9H10FN5O4. The van der Waals surface area contributed by atoms with E-state index in [0.29, 0.717) is 0 Å². The van der Waals surface area contributed by atoms with Crippen molar-refractivity contribution < 1.29 is 14.2 Å². The van der Waals surface area contributed by atoms with E-state index in [-0.39, 0.29) is 6.54 Å². The van der Waals surface area contributed by atoms with Crippen molar-refractivity contribution in [3.63, 3.8) is 0 Å². The summed E-state index contributed by atoms with van der Waals surface area (Å²) in [5.41, 5.74) is 6.69. The number of ether oxygens (including phenoxy) is 1. The molecule has 0 spiro atoms. The van der Waals surface area contributed by atoms with Gasteiger partial charge in [-0.2, -0.15) is 0 Å². The number of nitrogens with zero attached hydrogens (tertiary/aromatic N) is 4. The maximum Gasteiger partial charge on any atom is 0.330 e. The Labute approximate surface area is 104 Å². The maximum absolute atomic E-state index is 13.9. The highest BCUT2D eigenvalue weighted by Crippen LogP contribution is 2.30. The average Bonchev–Trinajstić information content (AvgIpc) is 2.64. The Morgan fingerprint density at radius 3 is 3.00 bits per heavy atom. The van der Waals surface area contributed by atoms with E-state index < -0.39 is 35.9 Å². The van der Waals surface area contributed by atoms with Crippen LogP contribution in [0.5, 0.6) is 0 Å². The number of aromatic amines is 1. The largest absolute Gasteiger partial charge is 0.387 e. The summed E-state index contributed by atoms with van der Waals surface area (Å²) in [7, 11) is 0. The summed E-state index contributed by atoms with van der Waals surface area (Å²) < 4.78 is 19.8. The third-order valence-corrected chi connectivity index (χ3v) is 2.74. The molecule has 1 aromatic heterocycles. The SMILES string of the molecule is [N-]=[N+]=NC[C@H]1O[C@@H](n2ccc(=O)[nH]c2=O)C(F)[C@H]1O. The van der Waals surface area contributed by atoms with Gasteiger partial charge in [-0.25, -0.2) is 9.18 Å². The van der Waals surface area contributed by atoms with Crippen molar-refractivity contribution in [2.45, 2.75) is 24.6 Å². The fourth-order valence-corrected chi connectivity index (χ4v) is 1.82. The van der Waals surface area contributed by atoms with E-state index in [1.54, 1.807) is 0 Å². The summed E-state index contributed by atoms with van der Waals surface area (Å²) >= 11 is 0. The normalized spacial score (nSPS) is 30.0. The van der Waals surface area contributed by atoms with E-state index in [1.807, 2.05) is 4.98 Å². The quantitative estimate of drug-likeness (QED) is 0.433. The molecule has 1 unspecified atom stereocenters. The minimum atomic E-state index is -1.87. The first-order valence-corrected chi connectivity index (χ1v) is 5.34. The first-order valence-electron chi connectivity index (χ1n) is 5.34. The lowest BCUT2D eigenvalue weighted by Gasteiger charge is -2.15. The molecule has 9 nitrogen and oxygen atoms in total. The number of aromatic nitrogens is 2. The Morgan fingerprint density at radius 2 is 2.37 bits per heavy atom. The standard InChI is InChI=1S/C9H10FN5O4/c10-6-7(17)4(3-12-14-11)19-8(6)15-2-1-5(16)13-9(15)18/h1-2,4,6-8,17H,3H2,(H,13,16,18)/t4-,6?,7+,8-/m1/s1. The van der Waals surface area contributed by atoms with Crippen LogP contribution < -0.4 is 11.2 Å². The molecule has 0 radical (unpaired) electrons. The molecule has 0 saturated carbocycles. The van der Waals surface area contributed by atoms with Gasteiger partial charge in [0, 0.05) is 17.2 Å². The summed E-state index contributed by atoms with van der Waals surface area (Å²) in [6, 6.07) is 1.03. The number of nitrogens with one attached hydrogen (secondary N) is 1. The van der Waals surface area contributed by atoms with Crippen LogP contribution in [0.25, 0.3) is 10.4 Å². The Morgan fingerprint density at radius 1 is 1.63 bits per heavy atom. The van der Waals surface area contributed by atoms with Gasteiger partial charge in [0.15, 0.2) is 12.4 Å². The molecule has 102 valence electrons. The Kier molecular flexibility index (Phi) is 3.65. The number of hydrogen-bond donors (Lipinski definition) is 2. The zero-order valence-corrected chi connectivity index (χ0v) is 9.51. The lowest BCUT2D eigenvalue weighted by atomic mass is 10.1. The Bertz CT molecular complexity index is 622. The number of alkyl halides is 1. The Hall–Kier alpha value is -2.16. The third-order valence-electron chi connectivity index (χ3n) is 2.74. The molecule has 4 atom stereocenters. The van der Waals surface area contributed by atoms with Gasteiger partial charge in [-0.3, -0.25) is 14.3 Å². The van der Waals surface area contributed by atoms with Crippen LogP contribution in [-0.4, -0.2) is 39.6 Å². The Balaban J connectivity index is 2.28. The number of aliphatic hydroxyl groups excluding tert-OH is 1. The smallest absolute Gasteiger partial charge is 0.330 e. The van der Waals surface area contributed by atoms with Crippen LogP contribution in [0.4, 0.5) is 4.39 Å². The molecule has 0 amide bonds. The molecule has 10 heteroatoms. The maximum atomic E-state index is 13.9. The zero-order chi connectivity index (χ0) is 14.0. The summed E-state index contributed by atoms with van der Waals surface area (Å²) in [5.74, 6) is 0. The van der Waals surface area contributed by atoms with Gasteiger partial charge in [0.2, 0.25) is 0 Å². The van der Waals surface area contributed by atoms with Crippen molar-refractivity contribution in [3.05, 3.63) is 43.5 Å². The predicted molar refractivity (Wildman–Crippen MR) is 60.1 cm³/mol. The van der Waals surface area contributed by atoms with E-state index >= 15 is 0 Å². The molecule has 1 aliphatic rings. The van der Waals surface area contributed by atoms with Gasteiger partial charge in [0.25, 0.3) is 5.56 Å². The van der Waals surface area contributed by atoms with E-state index in [9.17, 15) is 19.1 Å². The van der Waals surface area contributed by atoms with Gasteiger partial charge >= 0.3 is 5.69 Å². The number of H-pyrrole nitrogens is 1. The summed E-state index contributed by atoms with van der Waals surface area (Å²) in [5, 5.41) is 12.8. The van der Waals surface area contributed by atoms with Crippen LogP contribution in [0.15, 0.2) is 27.0 Å². The fourth-order valence-electron chi connectivity index (χ4n) is 1.82. The van der Waals surface area contributed by atoms with Gasteiger partial charge in [0.05, 0.1) is 12.6 Å². The molecule has 1 saturated heterocycles. The van der Waals surface area contributed by atoms with Crippen LogP contribution in [-0.2, 0) is 4.74 Å². The lowest BCUT2D eigenvalue weighted by molar-refractivity contribution is -0.0224. The molecule has 1 aliphatic heterocycles. The molecule has 2 rings (SSSR count). The van der Waals surface area contributed by atoms with Crippen molar-refractivity contribution in [1.82, 2.24) is 9.55 Å². The molecule has 0 bridgehead atoms. The highest BCUT2D eigenvalue weighted by molar-refractivity contribution is 4.94. The van der Waals surface area contributed by atoms with E-state index in [1.165, 1.54) is 0 Å². The van der Waals surface area contributed by atoms with Gasteiger partial charge in [-0.05, 0) is 5.53 Å². The van der Waals surface area contributed by atoms with Gasteiger partial charge in [-0.15, -0.1) is 0 Å². The van der Waals surface area contributed by atoms with Gasteiger partial charge < -0.3 is 9.84 Å². The first kappa shape index (κ1) is 13.3. The van der Waals surface area contributed by atoms with Crippen molar-refractivity contribution in [2.75, 3.05) is 6.54 Å². The topological polar surface area (TPSA) is 133 Å². The van der Waals surface area contributed by atoms with E-state index in [0.717, 1.165) is 16.8 Å². The zero-order valence-electron chi connectivity index (χ0n) is 9.51. The van der Waals surface area contributed by atoms with Crippen molar-refractivity contribution in [1.29, 1.82) is 0 Å². The summed E-state index contributed by atoms with van der Waals surface area (Å²) in [6.45, 7) is -0.257. The van der Waals surface area contributed by atoms with Crippen molar-refractivity contribution in [3.8, 4) is 0 Å². The molecule has 0 aromatic carbocycles. The molecular weight excluding hydrogens is 261 g/mol. The fraction of sp³-hybridized carbons (Fsp3) is 0.556. The second kappa shape index (κ2) is 5.22. The van der Waals surface area contributed by atoms with Crippen molar-refractivity contribution in [2.24, 2.45) is 5.11 Å². The molecule has 1 fully saturated rings. The van der Waals surface area contributed by atoms with Crippen LogP contribution in [0, 0.1) is 0 Å².